The van der Waals surface area contributed by atoms with Gasteiger partial charge in [-0.25, -0.2) is 4.79 Å². The maximum absolute atomic E-state index is 12.1. The maximum atomic E-state index is 12.1. The summed E-state index contributed by atoms with van der Waals surface area (Å²) in [4.78, 5) is 12.1. The Hall–Kier alpha value is -1.75. The third-order valence-corrected chi connectivity index (χ3v) is 3.59. The fourth-order valence-corrected chi connectivity index (χ4v) is 2.58. The SMILES string of the molecule is CCCNC(C(=O)OC)c1cc2c(cc1OC)CC(C)O2. The Morgan fingerprint density at radius 2 is 2.24 bits per heavy atom. The summed E-state index contributed by atoms with van der Waals surface area (Å²) in [5.74, 6) is 1.18. The molecule has 0 amide bonds. The van der Waals surface area contributed by atoms with E-state index in [9.17, 15) is 4.79 Å². The van der Waals surface area contributed by atoms with E-state index in [2.05, 4.69) is 5.32 Å². The van der Waals surface area contributed by atoms with E-state index >= 15 is 0 Å². The molecule has 0 saturated heterocycles. The summed E-state index contributed by atoms with van der Waals surface area (Å²) in [5.41, 5.74) is 1.87. The quantitative estimate of drug-likeness (QED) is 0.815. The van der Waals surface area contributed by atoms with Gasteiger partial charge in [-0.3, -0.25) is 0 Å². The predicted octanol–water partition coefficient (Wildman–Crippen LogP) is 2.23. The fraction of sp³-hybridized carbons (Fsp3) is 0.562. The lowest BCUT2D eigenvalue weighted by molar-refractivity contribution is -0.143. The van der Waals surface area contributed by atoms with E-state index in [1.165, 1.54) is 7.11 Å². The number of rotatable bonds is 6. The van der Waals surface area contributed by atoms with Gasteiger partial charge in [-0.1, -0.05) is 6.92 Å². The van der Waals surface area contributed by atoms with Crippen LogP contribution in [0, 0.1) is 0 Å². The molecule has 1 aliphatic heterocycles. The van der Waals surface area contributed by atoms with Gasteiger partial charge < -0.3 is 19.5 Å². The Morgan fingerprint density at radius 3 is 2.86 bits per heavy atom. The van der Waals surface area contributed by atoms with Crippen LogP contribution < -0.4 is 14.8 Å². The third-order valence-electron chi connectivity index (χ3n) is 3.59. The molecule has 2 unspecified atom stereocenters. The lowest BCUT2D eigenvalue weighted by atomic mass is 10.0. The number of ether oxygens (including phenoxy) is 3. The largest absolute Gasteiger partial charge is 0.496 e. The number of esters is 1. The first-order valence-corrected chi connectivity index (χ1v) is 7.29. The Bertz CT molecular complexity index is 515. The van der Waals surface area contributed by atoms with Crippen LogP contribution in [0.5, 0.6) is 11.5 Å². The van der Waals surface area contributed by atoms with Crippen molar-refractivity contribution in [2.75, 3.05) is 20.8 Å². The van der Waals surface area contributed by atoms with Gasteiger partial charge in [0.2, 0.25) is 0 Å². The highest BCUT2D eigenvalue weighted by molar-refractivity contribution is 5.79. The summed E-state index contributed by atoms with van der Waals surface area (Å²) in [6.45, 7) is 4.79. The zero-order chi connectivity index (χ0) is 15.4. The number of hydrogen-bond donors (Lipinski definition) is 1. The monoisotopic (exact) mass is 293 g/mol. The van der Waals surface area contributed by atoms with Gasteiger partial charge >= 0.3 is 5.97 Å². The molecule has 0 saturated carbocycles. The molecule has 2 atom stereocenters. The second-order valence-electron chi connectivity index (χ2n) is 5.24. The van der Waals surface area contributed by atoms with E-state index in [-0.39, 0.29) is 12.1 Å². The van der Waals surface area contributed by atoms with Crippen LogP contribution >= 0.6 is 0 Å². The van der Waals surface area contributed by atoms with Crippen molar-refractivity contribution in [3.63, 3.8) is 0 Å². The molecule has 1 N–H and O–H groups in total. The van der Waals surface area contributed by atoms with Crippen LogP contribution in [0.15, 0.2) is 12.1 Å². The predicted molar refractivity (Wildman–Crippen MR) is 79.8 cm³/mol. The number of carbonyl (C=O) groups excluding carboxylic acids is 1. The lowest BCUT2D eigenvalue weighted by Crippen LogP contribution is -2.30. The van der Waals surface area contributed by atoms with Crippen LogP contribution in [0.4, 0.5) is 0 Å². The second-order valence-corrected chi connectivity index (χ2v) is 5.24. The van der Waals surface area contributed by atoms with Crippen molar-refractivity contribution in [3.8, 4) is 11.5 Å². The normalized spacial score (nSPS) is 17.8. The van der Waals surface area contributed by atoms with Crippen LogP contribution in [-0.4, -0.2) is 32.8 Å². The molecule has 1 aromatic carbocycles. The van der Waals surface area contributed by atoms with E-state index in [1.807, 2.05) is 26.0 Å². The van der Waals surface area contributed by atoms with E-state index in [0.29, 0.717) is 5.75 Å². The van der Waals surface area contributed by atoms with Crippen molar-refractivity contribution in [2.24, 2.45) is 0 Å². The minimum absolute atomic E-state index is 0.153. The zero-order valence-electron chi connectivity index (χ0n) is 13.1. The highest BCUT2D eigenvalue weighted by atomic mass is 16.5. The molecule has 0 aromatic heterocycles. The number of hydrogen-bond acceptors (Lipinski definition) is 5. The van der Waals surface area contributed by atoms with Crippen LogP contribution in [-0.2, 0) is 16.0 Å². The average molecular weight is 293 g/mol. The van der Waals surface area contributed by atoms with Crippen LogP contribution in [0.25, 0.3) is 0 Å². The van der Waals surface area contributed by atoms with Gasteiger partial charge in [0.15, 0.2) is 0 Å². The maximum Gasteiger partial charge on any atom is 0.327 e. The highest BCUT2D eigenvalue weighted by Gasteiger charge is 2.28. The summed E-state index contributed by atoms with van der Waals surface area (Å²) in [6, 6.07) is 3.30. The van der Waals surface area contributed by atoms with Crippen molar-refractivity contribution in [1.82, 2.24) is 5.32 Å². The Morgan fingerprint density at radius 1 is 1.48 bits per heavy atom. The molecule has 5 heteroatoms. The van der Waals surface area contributed by atoms with Crippen molar-refractivity contribution < 1.29 is 19.0 Å². The standard InChI is InChI=1S/C16H23NO4/c1-5-6-17-15(16(18)20-4)12-9-13-11(7-10(2)21-13)8-14(12)19-3/h8-10,15,17H,5-7H2,1-4H3. The first kappa shape index (κ1) is 15.6. The molecule has 0 bridgehead atoms. The fourth-order valence-electron chi connectivity index (χ4n) is 2.58. The van der Waals surface area contributed by atoms with Crippen LogP contribution in [0.2, 0.25) is 0 Å². The number of benzene rings is 1. The molecule has 1 aliphatic rings. The van der Waals surface area contributed by atoms with Crippen molar-refractivity contribution >= 4 is 5.97 Å². The van der Waals surface area contributed by atoms with E-state index in [0.717, 1.165) is 36.3 Å². The third kappa shape index (κ3) is 3.29. The number of nitrogens with one attached hydrogen (secondary N) is 1. The molecule has 0 spiro atoms. The zero-order valence-corrected chi connectivity index (χ0v) is 13.1. The topological polar surface area (TPSA) is 56.8 Å². The van der Waals surface area contributed by atoms with Gasteiger partial charge in [-0.15, -0.1) is 0 Å². The molecule has 2 rings (SSSR count). The Balaban J connectivity index is 2.39. The molecule has 0 fully saturated rings. The Labute approximate surface area is 125 Å². The van der Waals surface area contributed by atoms with E-state index in [1.54, 1.807) is 7.11 Å². The number of methoxy groups -OCH3 is 2. The minimum Gasteiger partial charge on any atom is -0.496 e. The smallest absolute Gasteiger partial charge is 0.327 e. The molecule has 1 heterocycles. The van der Waals surface area contributed by atoms with Gasteiger partial charge in [-0.05, 0) is 32.0 Å². The minimum atomic E-state index is -0.547. The van der Waals surface area contributed by atoms with Gasteiger partial charge in [0.1, 0.15) is 23.6 Å². The average Bonchev–Trinajstić information content (AvgIpc) is 2.85. The summed E-state index contributed by atoms with van der Waals surface area (Å²) in [6.07, 6.45) is 1.94. The molecular formula is C16H23NO4. The lowest BCUT2D eigenvalue weighted by Gasteiger charge is -2.20. The van der Waals surface area contributed by atoms with Crippen LogP contribution in [0.1, 0.15) is 37.4 Å². The summed E-state index contributed by atoms with van der Waals surface area (Å²) in [5, 5.41) is 3.20. The molecule has 21 heavy (non-hydrogen) atoms. The van der Waals surface area contributed by atoms with Crippen molar-refractivity contribution in [1.29, 1.82) is 0 Å². The van der Waals surface area contributed by atoms with Crippen molar-refractivity contribution in [3.05, 3.63) is 23.3 Å². The molecular weight excluding hydrogens is 270 g/mol. The number of carbonyl (C=O) groups is 1. The van der Waals surface area contributed by atoms with Gasteiger partial charge in [-0.2, -0.15) is 0 Å². The van der Waals surface area contributed by atoms with Gasteiger partial charge in [0, 0.05) is 17.5 Å². The second kappa shape index (κ2) is 6.80. The summed E-state index contributed by atoms with van der Waals surface area (Å²) < 4.78 is 16.1. The van der Waals surface area contributed by atoms with Crippen LogP contribution in [0.3, 0.4) is 0 Å². The molecule has 0 aliphatic carbocycles. The molecule has 0 radical (unpaired) electrons. The van der Waals surface area contributed by atoms with E-state index < -0.39 is 6.04 Å². The molecule has 116 valence electrons. The van der Waals surface area contributed by atoms with E-state index in [4.69, 9.17) is 14.2 Å². The number of fused-ring (bicyclic) bond motifs is 1. The highest BCUT2D eigenvalue weighted by Crippen LogP contribution is 2.37. The van der Waals surface area contributed by atoms with Crippen molar-refractivity contribution in [2.45, 2.75) is 38.8 Å². The first-order chi connectivity index (χ1) is 10.1. The first-order valence-electron chi connectivity index (χ1n) is 7.29. The van der Waals surface area contributed by atoms with Gasteiger partial charge in [0.05, 0.1) is 14.2 Å². The molecule has 1 aromatic rings. The summed E-state index contributed by atoms with van der Waals surface area (Å²) in [7, 11) is 3.00. The molecule has 5 nitrogen and oxygen atoms in total. The summed E-state index contributed by atoms with van der Waals surface area (Å²) >= 11 is 0. The Kier molecular flexibility index (Phi) is 5.07. The van der Waals surface area contributed by atoms with Gasteiger partial charge in [0.25, 0.3) is 0 Å².